The van der Waals surface area contributed by atoms with Crippen LogP contribution in [0.3, 0.4) is 0 Å². The van der Waals surface area contributed by atoms with Gasteiger partial charge in [0.2, 0.25) is 0 Å². The summed E-state index contributed by atoms with van der Waals surface area (Å²) >= 11 is 0. The van der Waals surface area contributed by atoms with Gasteiger partial charge in [-0.15, -0.1) is 0 Å². The maximum absolute atomic E-state index is 4.40. The van der Waals surface area contributed by atoms with Crippen LogP contribution in [0.2, 0.25) is 0 Å². The van der Waals surface area contributed by atoms with Gasteiger partial charge in [0.15, 0.2) is 0 Å². The fourth-order valence-electron chi connectivity index (χ4n) is 3.83. The third-order valence-electron chi connectivity index (χ3n) is 4.68. The standard InChI is InChI=1S/C16H25N3/c1-2-18-14-10-15(12-17-11-14)19-9-5-8-16(19)13-6-3-4-7-13/h10-13,16,18H,2-9H2,1H3. The van der Waals surface area contributed by atoms with Crippen molar-refractivity contribution in [3.05, 3.63) is 18.5 Å². The van der Waals surface area contributed by atoms with Gasteiger partial charge in [0.1, 0.15) is 0 Å². The van der Waals surface area contributed by atoms with Crippen LogP contribution in [0.4, 0.5) is 11.4 Å². The van der Waals surface area contributed by atoms with Crippen molar-refractivity contribution < 1.29 is 0 Å². The number of aromatic nitrogens is 1. The number of hydrogen-bond acceptors (Lipinski definition) is 3. The van der Waals surface area contributed by atoms with E-state index in [1.165, 1.54) is 50.8 Å². The quantitative estimate of drug-likeness (QED) is 0.894. The van der Waals surface area contributed by atoms with Gasteiger partial charge in [-0.1, -0.05) is 12.8 Å². The first-order chi connectivity index (χ1) is 9.38. The number of hydrogen-bond donors (Lipinski definition) is 1. The normalized spacial score (nSPS) is 24.1. The van der Waals surface area contributed by atoms with Crippen LogP contribution in [0.25, 0.3) is 0 Å². The number of pyridine rings is 1. The van der Waals surface area contributed by atoms with E-state index >= 15 is 0 Å². The van der Waals surface area contributed by atoms with Crippen LogP contribution in [0, 0.1) is 5.92 Å². The Bertz CT molecular complexity index is 412. The van der Waals surface area contributed by atoms with Crippen LogP contribution in [-0.4, -0.2) is 24.1 Å². The molecule has 2 heterocycles. The number of nitrogens with zero attached hydrogens (tertiary/aromatic N) is 2. The van der Waals surface area contributed by atoms with Gasteiger partial charge >= 0.3 is 0 Å². The molecule has 0 radical (unpaired) electrons. The molecule has 1 atom stereocenters. The molecule has 2 fully saturated rings. The van der Waals surface area contributed by atoms with E-state index in [0.717, 1.165) is 24.2 Å². The molecule has 1 aromatic heterocycles. The second-order valence-electron chi connectivity index (χ2n) is 5.91. The van der Waals surface area contributed by atoms with Crippen molar-refractivity contribution >= 4 is 11.4 Å². The zero-order valence-corrected chi connectivity index (χ0v) is 11.9. The molecule has 104 valence electrons. The van der Waals surface area contributed by atoms with E-state index in [2.05, 4.69) is 28.2 Å². The van der Waals surface area contributed by atoms with Gasteiger partial charge in [0.05, 0.1) is 23.8 Å². The molecule has 0 aromatic carbocycles. The van der Waals surface area contributed by atoms with Crippen LogP contribution < -0.4 is 10.2 Å². The molecule has 1 saturated carbocycles. The number of anilines is 2. The molecule has 3 nitrogen and oxygen atoms in total. The Labute approximate surface area is 116 Å². The molecule has 0 spiro atoms. The molecule has 1 aromatic rings. The summed E-state index contributed by atoms with van der Waals surface area (Å²) in [5, 5.41) is 3.37. The zero-order chi connectivity index (χ0) is 13.1. The molecule has 3 rings (SSSR count). The lowest BCUT2D eigenvalue weighted by atomic mass is 9.96. The molecule has 1 N–H and O–H groups in total. The highest BCUT2D eigenvalue weighted by atomic mass is 15.2. The molecule has 3 heteroatoms. The van der Waals surface area contributed by atoms with Crippen molar-refractivity contribution in [1.82, 2.24) is 4.98 Å². The number of nitrogens with one attached hydrogen (secondary N) is 1. The average molecular weight is 259 g/mol. The maximum atomic E-state index is 4.40. The van der Waals surface area contributed by atoms with Gasteiger partial charge in [0.25, 0.3) is 0 Å². The van der Waals surface area contributed by atoms with E-state index in [1.807, 2.05) is 12.4 Å². The summed E-state index contributed by atoms with van der Waals surface area (Å²) in [4.78, 5) is 7.02. The second kappa shape index (κ2) is 5.81. The first-order valence-electron chi connectivity index (χ1n) is 7.84. The third-order valence-corrected chi connectivity index (χ3v) is 4.68. The molecule has 19 heavy (non-hydrogen) atoms. The van der Waals surface area contributed by atoms with Crippen molar-refractivity contribution in [2.24, 2.45) is 5.92 Å². The first-order valence-corrected chi connectivity index (χ1v) is 7.84. The minimum atomic E-state index is 0.765. The Morgan fingerprint density at radius 1 is 1.21 bits per heavy atom. The fraction of sp³-hybridized carbons (Fsp3) is 0.688. The summed E-state index contributed by atoms with van der Waals surface area (Å²) in [7, 11) is 0. The molecule has 0 amide bonds. The van der Waals surface area contributed by atoms with Gasteiger partial charge in [0, 0.05) is 19.1 Å². The van der Waals surface area contributed by atoms with E-state index in [-0.39, 0.29) is 0 Å². The highest BCUT2D eigenvalue weighted by molar-refractivity contribution is 5.56. The molecule has 1 saturated heterocycles. The van der Waals surface area contributed by atoms with Crippen LogP contribution in [-0.2, 0) is 0 Å². The SMILES string of the molecule is CCNc1cncc(N2CCCC2C2CCCC2)c1. The fourth-order valence-corrected chi connectivity index (χ4v) is 3.83. The van der Waals surface area contributed by atoms with E-state index in [9.17, 15) is 0 Å². The highest BCUT2D eigenvalue weighted by Crippen LogP contribution is 2.37. The van der Waals surface area contributed by atoms with E-state index in [1.54, 1.807) is 0 Å². The molecule has 2 aliphatic rings. The summed E-state index contributed by atoms with van der Waals surface area (Å²) < 4.78 is 0. The monoisotopic (exact) mass is 259 g/mol. The summed E-state index contributed by atoms with van der Waals surface area (Å²) in [5.41, 5.74) is 2.46. The Morgan fingerprint density at radius 2 is 2.05 bits per heavy atom. The Morgan fingerprint density at radius 3 is 2.84 bits per heavy atom. The average Bonchev–Trinajstić information content (AvgIpc) is 3.10. The lowest BCUT2D eigenvalue weighted by molar-refractivity contribution is 0.430. The lowest BCUT2D eigenvalue weighted by Crippen LogP contribution is -2.34. The number of rotatable bonds is 4. The van der Waals surface area contributed by atoms with Gasteiger partial charge in [-0.25, -0.2) is 0 Å². The zero-order valence-electron chi connectivity index (χ0n) is 11.9. The van der Waals surface area contributed by atoms with Crippen molar-refractivity contribution in [1.29, 1.82) is 0 Å². The Balaban J connectivity index is 1.77. The highest BCUT2D eigenvalue weighted by Gasteiger charge is 2.33. The van der Waals surface area contributed by atoms with E-state index in [4.69, 9.17) is 0 Å². The maximum Gasteiger partial charge on any atom is 0.0576 e. The minimum Gasteiger partial charge on any atom is -0.384 e. The molecular formula is C16H25N3. The summed E-state index contributed by atoms with van der Waals surface area (Å²) in [6, 6.07) is 3.03. The van der Waals surface area contributed by atoms with Crippen LogP contribution in [0.1, 0.15) is 45.4 Å². The smallest absolute Gasteiger partial charge is 0.0576 e. The van der Waals surface area contributed by atoms with E-state index in [0.29, 0.717) is 0 Å². The molecule has 1 aliphatic carbocycles. The molecular weight excluding hydrogens is 234 g/mol. The molecule has 0 bridgehead atoms. The summed E-state index contributed by atoms with van der Waals surface area (Å²) in [6.07, 6.45) is 12.4. The van der Waals surface area contributed by atoms with Crippen molar-refractivity contribution in [3.8, 4) is 0 Å². The lowest BCUT2D eigenvalue weighted by Gasteiger charge is -2.31. The largest absolute Gasteiger partial charge is 0.384 e. The van der Waals surface area contributed by atoms with E-state index < -0.39 is 0 Å². The van der Waals surface area contributed by atoms with Crippen LogP contribution in [0.5, 0.6) is 0 Å². The Hall–Kier alpha value is -1.25. The topological polar surface area (TPSA) is 28.2 Å². The second-order valence-corrected chi connectivity index (χ2v) is 5.91. The van der Waals surface area contributed by atoms with Crippen molar-refractivity contribution in [2.45, 2.75) is 51.5 Å². The van der Waals surface area contributed by atoms with Crippen LogP contribution in [0.15, 0.2) is 18.5 Å². The Kier molecular flexibility index (Phi) is 3.90. The van der Waals surface area contributed by atoms with Gasteiger partial charge in [-0.05, 0) is 44.6 Å². The van der Waals surface area contributed by atoms with Gasteiger partial charge in [-0.3, -0.25) is 4.98 Å². The summed E-state index contributed by atoms with van der Waals surface area (Å²) in [5.74, 6) is 0.922. The van der Waals surface area contributed by atoms with Gasteiger partial charge < -0.3 is 10.2 Å². The predicted molar refractivity (Wildman–Crippen MR) is 80.7 cm³/mol. The van der Waals surface area contributed by atoms with Crippen molar-refractivity contribution in [2.75, 3.05) is 23.3 Å². The third kappa shape index (κ3) is 2.70. The minimum absolute atomic E-state index is 0.765. The molecule has 1 unspecified atom stereocenters. The summed E-state index contributed by atoms with van der Waals surface area (Å²) in [6.45, 7) is 4.29. The first kappa shape index (κ1) is 12.8. The van der Waals surface area contributed by atoms with Crippen molar-refractivity contribution in [3.63, 3.8) is 0 Å². The van der Waals surface area contributed by atoms with Crippen LogP contribution >= 0.6 is 0 Å². The molecule has 1 aliphatic heterocycles. The predicted octanol–water partition coefficient (Wildman–Crippen LogP) is 3.67. The van der Waals surface area contributed by atoms with Gasteiger partial charge in [-0.2, -0.15) is 0 Å².